The summed E-state index contributed by atoms with van der Waals surface area (Å²) in [5, 5.41) is 3.20. The molecule has 1 aliphatic heterocycles. The van der Waals surface area contributed by atoms with E-state index in [1.807, 2.05) is 0 Å². The van der Waals surface area contributed by atoms with Crippen molar-refractivity contribution in [1.29, 1.82) is 0 Å². The van der Waals surface area contributed by atoms with Crippen molar-refractivity contribution >= 4 is 6.29 Å². The number of fused-ring (bicyclic) bond motifs is 1. The molecule has 0 aromatic heterocycles. The molecule has 1 N–H and O–H groups in total. The Morgan fingerprint density at radius 3 is 2.63 bits per heavy atom. The van der Waals surface area contributed by atoms with Gasteiger partial charge in [-0.05, 0) is 35.6 Å². The Kier molecular flexibility index (Phi) is 3.18. The summed E-state index contributed by atoms with van der Waals surface area (Å²) < 4.78 is 0. The molecule has 96 valence electrons. The van der Waals surface area contributed by atoms with Crippen LogP contribution in [0.5, 0.6) is 0 Å². The molecular formula is C17H17NO. The molecule has 2 aromatic rings. The van der Waals surface area contributed by atoms with Crippen molar-refractivity contribution in [1.82, 2.24) is 5.32 Å². The molecule has 0 saturated carbocycles. The molecule has 1 atom stereocenters. The standard InChI is InChI=1S/C17H17NO/c1-12-2-4-13(5-3-12)8-14-6-7-16-15(9-14)10-18-17(16)11-19/h2-7,9,11,17-18H,8,10H2,1H3. The van der Waals surface area contributed by atoms with E-state index in [1.54, 1.807) is 0 Å². The zero-order valence-corrected chi connectivity index (χ0v) is 11.0. The van der Waals surface area contributed by atoms with Gasteiger partial charge in [-0.1, -0.05) is 48.0 Å². The highest BCUT2D eigenvalue weighted by atomic mass is 16.1. The molecule has 0 bridgehead atoms. The molecule has 0 fully saturated rings. The fourth-order valence-corrected chi connectivity index (χ4v) is 2.62. The minimum Gasteiger partial charge on any atom is -0.301 e. The highest BCUT2D eigenvalue weighted by Crippen LogP contribution is 2.25. The lowest BCUT2D eigenvalue weighted by Gasteiger charge is -2.06. The number of hydrogen-bond donors (Lipinski definition) is 1. The molecule has 0 amide bonds. The predicted molar refractivity (Wildman–Crippen MR) is 76.1 cm³/mol. The normalized spacial score (nSPS) is 17.2. The third-order valence-electron chi connectivity index (χ3n) is 3.72. The summed E-state index contributed by atoms with van der Waals surface area (Å²) in [6.45, 7) is 2.89. The highest BCUT2D eigenvalue weighted by Gasteiger charge is 2.20. The van der Waals surface area contributed by atoms with E-state index in [9.17, 15) is 4.79 Å². The molecule has 1 aliphatic rings. The Labute approximate surface area is 113 Å². The number of nitrogens with one attached hydrogen (secondary N) is 1. The van der Waals surface area contributed by atoms with E-state index in [0.29, 0.717) is 0 Å². The predicted octanol–water partition coefficient (Wildman–Crippen LogP) is 2.93. The average molecular weight is 251 g/mol. The Hall–Kier alpha value is -1.93. The second kappa shape index (κ2) is 4.98. The van der Waals surface area contributed by atoms with E-state index in [2.05, 4.69) is 54.7 Å². The number of carbonyl (C=O) groups excluding carboxylic acids is 1. The number of carbonyl (C=O) groups is 1. The monoisotopic (exact) mass is 251 g/mol. The van der Waals surface area contributed by atoms with E-state index >= 15 is 0 Å². The van der Waals surface area contributed by atoms with Gasteiger partial charge in [-0.15, -0.1) is 0 Å². The zero-order chi connectivity index (χ0) is 13.2. The molecule has 1 heterocycles. The average Bonchev–Trinajstić information content (AvgIpc) is 2.83. The van der Waals surface area contributed by atoms with Crippen molar-refractivity contribution in [2.24, 2.45) is 0 Å². The fraction of sp³-hybridized carbons (Fsp3) is 0.235. The van der Waals surface area contributed by atoms with Crippen molar-refractivity contribution in [2.45, 2.75) is 25.9 Å². The largest absolute Gasteiger partial charge is 0.301 e. The summed E-state index contributed by atoms with van der Waals surface area (Å²) in [6.07, 6.45) is 1.92. The van der Waals surface area contributed by atoms with Crippen molar-refractivity contribution < 1.29 is 4.79 Å². The molecule has 2 nitrogen and oxygen atoms in total. The second-order valence-electron chi connectivity index (χ2n) is 5.19. The first-order valence-electron chi connectivity index (χ1n) is 6.62. The van der Waals surface area contributed by atoms with Crippen LogP contribution in [0.25, 0.3) is 0 Å². The number of aryl methyl sites for hydroxylation is 1. The summed E-state index contributed by atoms with van der Waals surface area (Å²) >= 11 is 0. The van der Waals surface area contributed by atoms with Gasteiger partial charge in [0.2, 0.25) is 0 Å². The summed E-state index contributed by atoms with van der Waals surface area (Å²) in [5.74, 6) is 0. The molecule has 2 aromatic carbocycles. The van der Waals surface area contributed by atoms with E-state index < -0.39 is 0 Å². The molecule has 2 heteroatoms. The molecule has 0 radical (unpaired) electrons. The Balaban J connectivity index is 1.83. The Bertz CT molecular complexity index is 601. The van der Waals surface area contributed by atoms with Crippen LogP contribution in [0.1, 0.15) is 33.9 Å². The minimum absolute atomic E-state index is 0.122. The number of benzene rings is 2. The Morgan fingerprint density at radius 2 is 1.89 bits per heavy atom. The smallest absolute Gasteiger partial charge is 0.141 e. The first-order chi connectivity index (χ1) is 9.26. The van der Waals surface area contributed by atoms with Gasteiger partial charge in [0.15, 0.2) is 0 Å². The minimum atomic E-state index is -0.122. The van der Waals surface area contributed by atoms with E-state index in [1.165, 1.54) is 22.3 Å². The van der Waals surface area contributed by atoms with Crippen LogP contribution in [0.4, 0.5) is 0 Å². The van der Waals surface area contributed by atoms with Gasteiger partial charge in [0.25, 0.3) is 0 Å². The van der Waals surface area contributed by atoms with Gasteiger partial charge < -0.3 is 4.79 Å². The first-order valence-corrected chi connectivity index (χ1v) is 6.62. The molecule has 1 unspecified atom stereocenters. The van der Waals surface area contributed by atoms with Crippen molar-refractivity contribution in [3.05, 3.63) is 70.3 Å². The van der Waals surface area contributed by atoms with Crippen LogP contribution in [-0.2, 0) is 17.8 Å². The molecule has 0 saturated heterocycles. The lowest BCUT2D eigenvalue weighted by atomic mass is 9.98. The van der Waals surface area contributed by atoms with Gasteiger partial charge in [-0.2, -0.15) is 0 Å². The maximum Gasteiger partial charge on any atom is 0.141 e. The van der Waals surface area contributed by atoms with Crippen LogP contribution >= 0.6 is 0 Å². The topological polar surface area (TPSA) is 29.1 Å². The van der Waals surface area contributed by atoms with Gasteiger partial charge in [-0.25, -0.2) is 0 Å². The zero-order valence-electron chi connectivity index (χ0n) is 11.0. The fourth-order valence-electron chi connectivity index (χ4n) is 2.62. The van der Waals surface area contributed by atoms with Crippen LogP contribution in [0.3, 0.4) is 0 Å². The lowest BCUT2D eigenvalue weighted by Crippen LogP contribution is -2.12. The van der Waals surface area contributed by atoms with Gasteiger partial charge >= 0.3 is 0 Å². The van der Waals surface area contributed by atoms with Crippen LogP contribution in [0.2, 0.25) is 0 Å². The van der Waals surface area contributed by atoms with Crippen LogP contribution in [0.15, 0.2) is 42.5 Å². The molecule has 0 spiro atoms. The van der Waals surface area contributed by atoms with Crippen molar-refractivity contribution in [2.75, 3.05) is 0 Å². The number of rotatable bonds is 3. The lowest BCUT2D eigenvalue weighted by molar-refractivity contribution is -0.109. The van der Waals surface area contributed by atoms with E-state index in [0.717, 1.165) is 24.8 Å². The van der Waals surface area contributed by atoms with Gasteiger partial charge in [0.1, 0.15) is 6.29 Å². The first kappa shape index (κ1) is 12.1. The highest BCUT2D eigenvalue weighted by molar-refractivity contribution is 5.64. The summed E-state index contributed by atoms with van der Waals surface area (Å²) in [5.41, 5.74) is 6.29. The van der Waals surface area contributed by atoms with Gasteiger partial charge in [-0.3, -0.25) is 5.32 Å². The van der Waals surface area contributed by atoms with Crippen molar-refractivity contribution in [3.8, 4) is 0 Å². The van der Waals surface area contributed by atoms with Crippen LogP contribution in [-0.4, -0.2) is 6.29 Å². The van der Waals surface area contributed by atoms with Crippen LogP contribution in [0, 0.1) is 6.92 Å². The summed E-state index contributed by atoms with van der Waals surface area (Å²) in [6, 6.07) is 14.9. The molecule has 0 aliphatic carbocycles. The number of aldehydes is 1. The third kappa shape index (κ3) is 2.45. The van der Waals surface area contributed by atoms with Gasteiger partial charge in [0, 0.05) is 6.54 Å². The van der Waals surface area contributed by atoms with Crippen LogP contribution < -0.4 is 5.32 Å². The molecular weight excluding hydrogens is 234 g/mol. The second-order valence-corrected chi connectivity index (χ2v) is 5.19. The maximum absolute atomic E-state index is 10.9. The maximum atomic E-state index is 10.9. The van der Waals surface area contributed by atoms with Gasteiger partial charge in [0.05, 0.1) is 6.04 Å². The molecule has 19 heavy (non-hydrogen) atoms. The van der Waals surface area contributed by atoms with E-state index in [4.69, 9.17) is 0 Å². The quantitative estimate of drug-likeness (QED) is 0.850. The number of hydrogen-bond acceptors (Lipinski definition) is 2. The Morgan fingerprint density at radius 1 is 1.16 bits per heavy atom. The molecule has 3 rings (SSSR count). The van der Waals surface area contributed by atoms with Crippen molar-refractivity contribution in [3.63, 3.8) is 0 Å². The summed E-state index contributed by atoms with van der Waals surface area (Å²) in [7, 11) is 0. The summed E-state index contributed by atoms with van der Waals surface area (Å²) in [4.78, 5) is 10.9. The van der Waals surface area contributed by atoms with E-state index in [-0.39, 0.29) is 6.04 Å². The third-order valence-corrected chi connectivity index (χ3v) is 3.72. The SMILES string of the molecule is Cc1ccc(Cc2ccc3c(c2)CNC3C=O)cc1.